The second kappa shape index (κ2) is 14.5. The highest BCUT2D eigenvalue weighted by molar-refractivity contribution is 6.15. The quantitative estimate of drug-likeness (QED) is 0.155. The van der Waals surface area contributed by atoms with E-state index in [1.807, 2.05) is 0 Å². The zero-order valence-electron chi connectivity index (χ0n) is 37.8. The number of rotatable bonds is 7. The molecule has 11 aromatic rings. The van der Waals surface area contributed by atoms with Gasteiger partial charge in [0.2, 0.25) is 0 Å². The van der Waals surface area contributed by atoms with Gasteiger partial charge >= 0.3 is 0 Å². The van der Waals surface area contributed by atoms with Crippen molar-refractivity contribution in [1.29, 1.82) is 0 Å². The van der Waals surface area contributed by atoms with Gasteiger partial charge in [0, 0.05) is 44.3 Å². The number of para-hydroxylation sites is 5. The summed E-state index contributed by atoms with van der Waals surface area (Å²) in [5.41, 5.74) is 20.5. The SMILES string of the molecule is c1ccc(-c2cccc3cccc(-c4ccccc4N(c4ccc5c(c4)C4(c6ccccc6-5)C5CC6CC5CC64)c4ccccc4-c4cccc5c6ccccc6n(-c6ccccc6)c45)c23)cc1. The minimum Gasteiger partial charge on any atom is -0.309 e. The van der Waals surface area contributed by atoms with Crippen LogP contribution in [0.5, 0.6) is 0 Å². The Balaban J connectivity index is 1.02. The standard InChI is InChI=1S/C66H48N2/c1-3-18-42(19-4-1)48-28-15-20-43-21-16-29-54(64(43)48)51-25-8-12-33-61(51)67(47-36-37-50-49-24-7-11-32-57(49)66(60(50)41-47)58-39-44-38-45(58)40-59(44)66)62-34-13-9-26-52(62)55-30-17-31-56-53-27-10-14-35-63(53)68(65(55)56)46-22-5-2-6-23-46/h1-37,41,44-45,58-59H,38-40H2. The molecule has 2 nitrogen and oxygen atoms in total. The van der Waals surface area contributed by atoms with Crippen molar-refractivity contribution in [2.24, 2.45) is 23.7 Å². The van der Waals surface area contributed by atoms with Crippen LogP contribution in [0.3, 0.4) is 0 Å². The first-order chi connectivity index (χ1) is 33.8. The Morgan fingerprint density at radius 1 is 0.397 bits per heavy atom. The largest absolute Gasteiger partial charge is 0.309 e. The molecule has 0 aliphatic heterocycles. The zero-order chi connectivity index (χ0) is 44.5. The summed E-state index contributed by atoms with van der Waals surface area (Å²) in [6.07, 6.45) is 4.16. The van der Waals surface area contributed by atoms with Crippen molar-refractivity contribution in [3.05, 3.63) is 242 Å². The molecule has 4 fully saturated rings. The molecule has 0 N–H and O–H groups in total. The average Bonchev–Trinajstić information content (AvgIpc) is 4.26. The average molecular weight is 869 g/mol. The molecule has 5 aliphatic rings. The molecule has 5 aliphatic carbocycles. The molecular weight excluding hydrogens is 821 g/mol. The van der Waals surface area contributed by atoms with Gasteiger partial charge in [-0.05, 0) is 135 Å². The zero-order valence-corrected chi connectivity index (χ0v) is 37.8. The summed E-state index contributed by atoms with van der Waals surface area (Å²) in [4.78, 5) is 2.62. The molecule has 68 heavy (non-hydrogen) atoms. The molecule has 0 amide bonds. The van der Waals surface area contributed by atoms with E-state index >= 15 is 0 Å². The van der Waals surface area contributed by atoms with E-state index in [0.717, 1.165) is 28.9 Å². The summed E-state index contributed by atoms with van der Waals surface area (Å²) in [6, 6.07) is 86.6. The minimum atomic E-state index is 0.0721. The third-order valence-electron chi connectivity index (χ3n) is 17.0. The van der Waals surface area contributed by atoms with E-state index in [1.54, 1.807) is 11.1 Å². The van der Waals surface area contributed by atoms with E-state index < -0.39 is 0 Å². The van der Waals surface area contributed by atoms with E-state index in [-0.39, 0.29) is 5.41 Å². The van der Waals surface area contributed by atoms with Crippen molar-refractivity contribution in [2.75, 3.05) is 4.90 Å². The van der Waals surface area contributed by atoms with Crippen molar-refractivity contribution in [2.45, 2.75) is 24.7 Å². The normalized spacial score (nSPS) is 20.5. The molecular formula is C66H48N2. The highest BCUT2D eigenvalue weighted by atomic mass is 15.1. The summed E-state index contributed by atoms with van der Waals surface area (Å²) < 4.78 is 2.48. The van der Waals surface area contributed by atoms with Crippen LogP contribution in [0.2, 0.25) is 0 Å². The van der Waals surface area contributed by atoms with Crippen molar-refractivity contribution < 1.29 is 0 Å². The highest BCUT2D eigenvalue weighted by Gasteiger charge is 2.70. The van der Waals surface area contributed by atoms with Gasteiger partial charge in [-0.15, -0.1) is 0 Å². The summed E-state index contributed by atoms with van der Waals surface area (Å²) in [7, 11) is 0. The van der Waals surface area contributed by atoms with Crippen molar-refractivity contribution in [3.63, 3.8) is 0 Å². The number of fused-ring (bicyclic) bond motifs is 7. The lowest BCUT2D eigenvalue weighted by Crippen LogP contribution is -2.34. The molecule has 322 valence electrons. The lowest BCUT2D eigenvalue weighted by atomic mass is 9.66. The fourth-order valence-corrected chi connectivity index (χ4v) is 14.6. The Hall–Kier alpha value is -7.94. The molecule has 4 atom stereocenters. The number of anilines is 3. The van der Waals surface area contributed by atoms with Gasteiger partial charge in [-0.1, -0.05) is 188 Å². The van der Waals surface area contributed by atoms with Gasteiger partial charge in [0.25, 0.3) is 0 Å². The fraction of sp³-hybridized carbons (Fsp3) is 0.121. The molecule has 4 unspecified atom stereocenters. The third kappa shape index (κ3) is 5.18. The van der Waals surface area contributed by atoms with Gasteiger partial charge in [-0.3, -0.25) is 0 Å². The second-order valence-electron chi connectivity index (χ2n) is 19.9. The van der Waals surface area contributed by atoms with Crippen molar-refractivity contribution >= 4 is 49.6 Å². The van der Waals surface area contributed by atoms with Crippen LogP contribution in [-0.2, 0) is 5.41 Å². The molecule has 10 aromatic carbocycles. The summed E-state index contributed by atoms with van der Waals surface area (Å²) >= 11 is 0. The maximum absolute atomic E-state index is 2.65. The summed E-state index contributed by atoms with van der Waals surface area (Å²) in [5.74, 6) is 3.06. The van der Waals surface area contributed by atoms with E-state index in [0.29, 0.717) is 11.8 Å². The van der Waals surface area contributed by atoms with Crippen LogP contribution in [0.15, 0.2) is 231 Å². The van der Waals surface area contributed by atoms with Crippen LogP contribution in [0.1, 0.15) is 30.4 Å². The number of benzene rings is 10. The van der Waals surface area contributed by atoms with Gasteiger partial charge in [-0.2, -0.15) is 0 Å². The van der Waals surface area contributed by atoms with E-state index in [9.17, 15) is 0 Å². The Kier molecular flexibility index (Phi) is 8.16. The maximum Gasteiger partial charge on any atom is 0.0620 e. The number of aromatic nitrogens is 1. The summed E-state index contributed by atoms with van der Waals surface area (Å²) in [6.45, 7) is 0. The topological polar surface area (TPSA) is 8.17 Å². The van der Waals surface area contributed by atoms with Gasteiger partial charge in [0.15, 0.2) is 0 Å². The van der Waals surface area contributed by atoms with Gasteiger partial charge < -0.3 is 9.47 Å². The highest BCUT2D eigenvalue weighted by Crippen LogP contribution is 2.77. The smallest absolute Gasteiger partial charge is 0.0620 e. The molecule has 1 heterocycles. The van der Waals surface area contributed by atoms with Crippen LogP contribution in [-0.4, -0.2) is 4.57 Å². The predicted octanol–water partition coefficient (Wildman–Crippen LogP) is 17.4. The van der Waals surface area contributed by atoms with Crippen molar-refractivity contribution in [3.8, 4) is 50.2 Å². The summed E-state index contributed by atoms with van der Waals surface area (Å²) in [5, 5.41) is 5.01. The Labute approximate surface area is 397 Å². The number of nitrogens with zero attached hydrogens (tertiary/aromatic N) is 2. The van der Waals surface area contributed by atoms with E-state index in [4.69, 9.17) is 0 Å². The van der Waals surface area contributed by atoms with Crippen LogP contribution in [0, 0.1) is 23.7 Å². The van der Waals surface area contributed by atoms with Gasteiger partial charge in [-0.25, -0.2) is 0 Å². The Morgan fingerprint density at radius 2 is 0.956 bits per heavy atom. The fourth-order valence-electron chi connectivity index (χ4n) is 14.6. The van der Waals surface area contributed by atoms with E-state index in [2.05, 4.69) is 240 Å². The second-order valence-corrected chi connectivity index (χ2v) is 19.9. The first kappa shape index (κ1) is 38.2. The van der Waals surface area contributed by atoms with Crippen LogP contribution >= 0.6 is 0 Å². The van der Waals surface area contributed by atoms with Gasteiger partial charge in [0.1, 0.15) is 0 Å². The molecule has 4 saturated carbocycles. The molecule has 0 radical (unpaired) electrons. The Morgan fingerprint density at radius 3 is 1.71 bits per heavy atom. The maximum atomic E-state index is 2.65. The third-order valence-corrected chi connectivity index (χ3v) is 17.0. The first-order valence-corrected chi connectivity index (χ1v) is 24.6. The number of hydrogen-bond donors (Lipinski definition) is 0. The van der Waals surface area contributed by atoms with Crippen LogP contribution in [0.25, 0.3) is 82.8 Å². The Bertz CT molecular complexity index is 3800. The molecule has 0 saturated heterocycles. The minimum absolute atomic E-state index is 0.0721. The van der Waals surface area contributed by atoms with Crippen molar-refractivity contribution in [1.82, 2.24) is 4.57 Å². The number of hydrogen-bond acceptors (Lipinski definition) is 1. The monoisotopic (exact) mass is 868 g/mol. The first-order valence-electron chi connectivity index (χ1n) is 24.6. The molecule has 16 rings (SSSR count). The van der Waals surface area contributed by atoms with Crippen LogP contribution in [0.4, 0.5) is 17.1 Å². The lowest BCUT2D eigenvalue weighted by molar-refractivity contribution is 0.307. The predicted molar refractivity (Wildman–Crippen MR) is 283 cm³/mol. The molecule has 4 bridgehead atoms. The molecule has 1 aromatic heterocycles. The van der Waals surface area contributed by atoms with Gasteiger partial charge in [0.05, 0.1) is 22.4 Å². The van der Waals surface area contributed by atoms with Crippen LogP contribution < -0.4 is 4.90 Å². The molecule has 1 spiro atoms. The molecule has 2 heteroatoms. The lowest BCUT2D eigenvalue weighted by Gasteiger charge is -2.37. The van der Waals surface area contributed by atoms with E-state index in [1.165, 1.54) is 102 Å².